The first-order valence-corrected chi connectivity index (χ1v) is 10.4. The predicted octanol–water partition coefficient (Wildman–Crippen LogP) is 1.71. The molecule has 27 heavy (non-hydrogen) atoms. The summed E-state index contributed by atoms with van der Waals surface area (Å²) < 4.78 is 37.8. The van der Waals surface area contributed by atoms with Crippen LogP contribution in [0, 0.1) is 0 Å². The second-order valence-corrected chi connectivity index (χ2v) is 7.74. The predicted molar refractivity (Wildman–Crippen MR) is 99.3 cm³/mol. The molecule has 7 heteroatoms. The summed E-state index contributed by atoms with van der Waals surface area (Å²) in [5.41, 5.74) is 1.10. The Kier molecular flexibility index (Phi) is 10.4. The number of unbranched alkanes of at least 4 members (excludes halogenated alkanes) is 5. The SMILES string of the molecule is CCCCCCCCc1cccc(Oc2ccc([O-])cc2S(=O)(=O)O)c1.[Na+]. The van der Waals surface area contributed by atoms with Crippen LogP contribution in [0.3, 0.4) is 0 Å². The molecule has 2 aromatic carbocycles. The van der Waals surface area contributed by atoms with E-state index in [9.17, 15) is 18.1 Å². The number of aryl methyl sites for hydroxylation is 1. The molecule has 1 N–H and O–H groups in total. The molecule has 0 aliphatic rings. The van der Waals surface area contributed by atoms with Gasteiger partial charge >= 0.3 is 29.6 Å². The summed E-state index contributed by atoms with van der Waals surface area (Å²) in [5.74, 6) is -0.109. The molecule has 0 bridgehead atoms. The van der Waals surface area contributed by atoms with Crippen molar-refractivity contribution in [3.05, 3.63) is 48.0 Å². The van der Waals surface area contributed by atoms with Crippen LogP contribution in [0.1, 0.15) is 51.0 Å². The van der Waals surface area contributed by atoms with Crippen LogP contribution in [0.5, 0.6) is 17.2 Å². The Morgan fingerprint density at radius 2 is 1.70 bits per heavy atom. The van der Waals surface area contributed by atoms with Crippen molar-refractivity contribution in [3.8, 4) is 17.2 Å². The Balaban J connectivity index is 0.00000364. The van der Waals surface area contributed by atoms with Gasteiger partial charge in [-0.15, -0.1) is 5.75 Å². The number of benzene rings is 2. The normalized spacial score (nSPS) is 11.0. The quantitative estimate of drug-likeness (QED) is 0.373. The second kappa shape index (κ2) is 11.7. The summed E-state index contributed by atoms with van der Waals surface area (Å²) in [6, 6.07) is 10.7. The van der Waals surface area contributed by atoms with E-state index in [2.05, 4.69) is 6.92 Å². The van der Waals surface area contributed by atoms with E-state index < -0.39 is 20.8 Å². The van der Waals surface area contributed by atoms with Crippen LogP contribution in [-0.4, -0.2) is 13.0 Å². The summed E-state index contributed by atoms with van der Waals surface area (Å²) in [4.78, 5) is -0.522. The molecule has 0 fully saturated rings. The molecule has 2 rings (SSSR count). The molecule has 0 aliphatic carbocycles. The van der Waals surface area contributed by atoms with Crippen LogP contribution >= 0.6 is 0 Å². The van der Waals surface area contributed by atoms with Crippen molar-refractivity contribution < 1.29 is 52.4 Å². The molecule has 0 unspecified atom stereocenters. The number of hydrogen-bond acceptors (Lipinski definition) is 4. The van der Waals surface area contributed by atoms with Gasteiger partial charge in [-0.2, -0.15) is 8.42 Å². The molecular weight excluding hydrogens is 375 g/mol. The number of hydrogen-bond donors (Lipinski definition) is 1. The van der Waals surface area contributed by atoms with Gasteiger partial charge in [-0.3, -0.25) is 4.55 Å². The van der Waals surface area contributed by atoms with Crippen molar-refractivity contribution in [2.75, 3.05) is 0 Å². The largest absolute Gasteiger partial charge is 1.00 e. The summed E-state index contributed by atoms with van der Waals surface area (Å²) in [7, 11) is -4.54. The molecule has 0 spiro atoms. The minimum atomic E-state index is -4.54. The van der Waals surface area contributed by atoms with Crippen molar-refractivity contribution in [2.45, 2.75) is 56.8 Å². The monoisotopic (exact) mass is 400 g/mol. The van der Waals surface area contributed by atoms with Crippen molar-refractivity contribution in [2.24, 2.45) is 0 Å². The molecule has 0 aromatic heterocycles. The van der Waals surface area contributed by atoms with Crippen LogP contribution in [0.25, 0.3) is 0 Å². The maximum atomic E-state index is 11.4. The third-order valence-electron chi connectivity index (χ3n) is 4.14. The van der Waals surface area contributed by atoms with E-state index in [1.165, 1.54) is 44.2 Å². The van der Waals surface area contributed by atoms with E-state index in [0.29, 0.717) is 5.75 Å². The minimum absolute atomic E-state index is 0. The second-order valence-electron chi connectivity index (χ2n) is 6.35. The first-order valence-electron chi connectivity index (χ1n) is 8.95. The van der Waals surface area contributed by atoms with Gasteiger partial charge in [-0.05, 0) is 42.7 Å². The first-order chi connectivity index (χ1) is 12.4. The third-order valence-corrected chi connectivity index (χ3v) is 5.01. The Bertz CT molecular complexity index is 821. The molecule has 0 aliphatic heterocycles. The van der Waals surface area contributed by atoms with Gasteiger partial charge in [0.1, 0.15) is 16.4 Å². The van der Waals surface area contributed by atoms with Gasteiger partial charge in [0.15, 0.2) is 0 Å². The van der Waals surface area contributed by atoms with Gasteiger partial charge in [-0.25, -0.2) is 0 Å². The Morgan fingerprint density at radius 3 is 2.41 bits per heavy atom. The average Bonchev–Trinajstić information content (AvgIpc) is 2.59. The standard InChI is InChI=1S/C20H26O5S.Na/c1-2-3-4-5-6-7-9-16-10-8-11-18(14-16)25-19-13-12-17(21)15-20(19)26(22,23)24;/h8,10-15,21H,2-7,9H2,1H3,(H,22,23,24);/q;+1/p-1. The minimum Gasteiger partial charge on any atom is -0.872 e. The molecule has 0 amide bonds. The summed E-state index contributed by atoms with van der Waals surface area (Å²) in [6.07, 6.45) is 8.22. The molecule has 0 saturated heterocycles. The number of rotatable bonds is 10. The fourth-order valence-electron chi connectivity index (χ4n) is 2.78. The molecule has 2 aromatic rings. The maximum Gasteiger partial charge on any atom is 1.00 e. The van der Waals surface area contributed by atoms with E-state index in [1.54, 1.807) is 6.07 Å². The van der Waals surface area contributed by atoms with Crippen LogP contribution in [-0.2, 0) is 16.5 Å². The molecule has 0 radical (unpaired) electrons. The fourth-order valence-corrected chi connectivity index (χ4v) is 3.40. The van der Waals surface area contributed by atoms with Crippen molar-refractivity contribution in [3.63, 3.8) is 0 Å². The Labute approximate surface area is 183 Å². The van der Waals surface area contributed by atoms with Crippen LogP contribution in [0.2, 0.25) is 0 Å². The molecule has 5 nitrogen and oxygen atoms in total. The smallest absolute Gasteiger partial charge is 0.872 e. The topological polar surface area (TPSA) is 86.7 Å². The molecule has 0 atom stereocenters. The molecule has 0 heterocycles. The molecule has 0 saturated carbocycles. The Morgan fingerprint density at radius 1 is 1.00 bits per heavy atom. The molecular formula is C20H25NaO5S. The first kappa shape index (κ1) is 24.0. The summed E-state index contributed by atoms with van der Waals surface area (Å²) in [6.45, 7) is 2.20. The van der Waals surface area contributed by atoms with E-state index >= 15 is 0 Å². The van der Waals surface area contributed by atoms with Gasteiger partial charge in [0.25, 0.3) is 10.1 Å². The maximum absolute atomic E-state index is 11.4. The van der Waals surface area contributed by atoms with E-state index in [0.717, 1.165) is 24.5 Å². The third kappa shape index (κ3) is 8.23. The van der Waals surface area contributed by atoms with Crippen LogP contribution < -0.4 is 39.4 Å². The van der Waals surface area contributed by atoms with Crippen molar-refractivity contribution in [1.82, 2.24) is 0 Å². The zero-order chi connectivity index (χ0) is 19.0. The van der Waals surface area contributed by atoms with E-state index in [-0.39, 0.29) is 35.3 Å². The van der Waals surface area contributed by atoms with Crippen molar-refractivity contribution >= 4 is 10.1 Å². The average molecular weight is 400 g/mol. The number of ether oxygens (including phenoxy) is 1. The van der Waals surface area contributed by atoms with Gasteiger partial charge in [0.05, 0.1) is 0 Å². The zero-order valence-electron chi connectivity index (χ0n) is 16.0. The Hall–Kier alpha value is -1.05. The van der Waals surface area contributed by atoms with Gasteiger partial charge in [0, 0.05) is 0 Å². The summed E-state index contributed by atoms with van der Waals surface area (Å²) >= 11 is 0. The van der Waals surface area contributed by atoms with Gasteiger partial charge < -0.3 is 9.84 Å². The zero-order valence-corrected chi connectivity index (χ0v) is 18.8. The van der Waals surface area contributed by atoms with Crippen LogP contribution in [0.15, 0.2) is 47.4 Å². The van der Waals surface area contributed by atoms with E-state index in [4.69, 9.17) is 4.74 Å². The van der Waals surface area contributed by atoms with Crippen molar-refractivity contribution in [1.29, 1.82) is 0 Å². The van der Waals surface area contributed by atoms with Crippen LogP contribution in [0.4, 0.5) is 0 Å². The van der Waals surface area contributed by atoms with Gasteiger partial charge in [-0.1, -0.05) is 57.2 Å². The fraction of sp³-hybridized carbons (Fsp3) is 0.400. The summed E-state index contributed by atoms with van der Waals surface area (Å²) in [5, 5.41) is 11.4. The van der Waals surface area contributed by atoms with E-state index in [1.807, 2.05) is 18.2 Å². The van der Waals surface area contributed by atoms with Gasteiger partial charge in [0.2, 0.25) is 0 Å². The molecule has 142 valence electrons.